The topological polar surface area (TPSA) is 145 Å². The Bertz CT molecular complexity index is 1990. The minimum absolute atomic E-state index is 0.0144. The van der Waals surface area contributed by atoms with Gasteiger partial charge in [0.2, 0.25) is 0 Å². The second kappa shape index (κ2) is 13.3. The molecule has 0 spiro atoms. The Labute approximate surface area is 261 Å². The van der Waals surface area contributed by atoms with E-state index in [1.54, 1.807) is 56.3 Å². The third-order valence-corrected chi connectivity index (χ3v) is 8.14. The molecule has 5 rings (SSSR count). The van der Waals surface area contributed by atoms with Gasteiger partial charge in [-0.3, -0.25) is 19.5 Å². The van der Waals surface area contributed by atoms with Crippen LogP contribution in [0.15, 0.2) is 74.0 Å². The largest absolute Gasteiger partial charge is 0.493 e. The van der Waals surface area contributed by atoms with E-state index in [1.165, 1.54) is 30.9 Å². The molecular weight excluding hydrogens is 602 g/mol. The number of carbonyl (C=O) groups is 1. The number of thiazole rings is 1. The highest BCUT2D eigenvalue weighted by Gasteiger charge is 2.36. The molecule has 13 heteroatoms. The lowest BCUT2D eigenvalue weighted by Crippen LogP contribution is -2.40. The van der Waals surface area contributed by atoms with Gasteiger partial charge >= 0.3 is 5.97 Å². The first-order chi connectivity index (χ1) is 21.7. The minimum atomic E-state index is -0.926. The highest BCUT2D eigenvalue weighted by molar-refractivity contribution is 7.07. The van der Waals surface area contributed by atoms with Gasteiger partial charge < -0.3 is 23.4 Å². The number of furan rings is 1. The molecule has 0 amide bonds. The molecule has 0 fully saturated rings. The Morgan fingerprint density at radius 1 is 1.16 bits per heavy atom. The van der Waals surface area contributed by atoms with Crippen molar-refractivity contribution in [3.63, 3.8) is 0 Å². The zero-order chi connectivity index (χ0) is 32.2. The molecule has 234 valence electrons. The number of fused-ring (bicyclic) bond motifs is 1. The smallest absolute Gasteiger partial charge is 0.338 e. The first-order valence-electron chi connectivity index (χ1n) is 14.0. The van der Waals surface area contributed by atoms with E-state index < -0.39 is 22.5 Å². The van der Waals surface area contributed by atoms with Gasteiger partial charge in [-0.15, -0.1) is 0 Å². The van der Waals surface area contributed by atoms with Crippen molar-refractivity contribution in [2.45, 2.75) is 26.8 Å². The van der Waals surface area contributed by atoms with Crippen molar-refractivity contribution >= 4 is 29.1 Å². The molecule has 0 bridgehead atoms. The first kappa shape index (κ1) is 31.4. The molecule has 0 radical (unpaired) electrons. The fourth-order valence-electron chi connectivity index (χ4n) is 5.12. The number of benzene rings is 2. The Balaban J connectivity index is 1.64. The SMILES string of the molecule is CCOc1c(OC)cccc1[C@H]1C(C(=O)OCCOC)=C(C)N=c2s/c(=C/c3ccc(-c4ccc([N+](=O)[O-])cc4C)o3)c(=O)n21. The number of aryl methyl sites for hydroxylation is 1. The number of hydrogen-bond acceptors (Lipinski definition) is 11. The lowest BCUT2D eigenvalue weighted by Gasteiger charge is -2.27. The van der Waals surface area contributed by atoms with E-state index in [-0.39, 0.29) is 24.5 Å². The molecule has 3 heterocycles. The normalized spacial score (nSPS) is 14.6. The van der Waals surface area contributed by atoms with Crippen LogP contribution in [0.1, 0.15) is 36.8 Å². The maximum absolute atomic E-state index is 14.1. The summed E-state index contributed by atoms with van der Waals surface area (Å²) in [5.74, 6) is 1.10. The number of esters is 1. The van der Waals surface area contributed by atoms with Gasteiger partial charge in [-0.05, 0) is 50.6 Å². The lowest BCUT2D eigenvalue weighted by atomic mass is 9.94. The number of nitrogens with zero attached hydrogens (tertiary/aromatic N) is 3. The van der Waals surface area contributed by atoms with Crippen LogP contribution in [-0.2, 0) is 14.3 Å². The zero-order valence-electron chi connectivity index (χ0n) is 25.3. The molecular formula is C32H31N3O9S. The molecule has 12 nitrogen and oxygen atoms in total. The van der Waals surface area contributed by atoms with Crippen LogP contribution in [-0.4, -0.2) is 49.5 Å². The summed E-state index contributed by atoms with van der Waals surface area (Å²) >= 11 is 1.15. The van der Waals surface area contributed by atoms with E-state index in [1.807, 2.05) is 6.92 Å². The summed E-state index contributed by atoms with van der Waals surface area (Å²) in [6.07, 6.45) is 1.61. The van der Waals surface area contributed by atoms with Crippen LogP contribution < -0.4 is 24.4 Å². The van der Waals surface area contributed by atoms with E-state index in [0.717, 1.165) is 11.3 Å². The van der Waals surface area contributed by atoms with Gasteiger partial charge in [-0.2, -0.15) is 0 Å². The van der Waals surface area contributed by atoms with Gasteiger partial charge in [0.25, 0.3) is 11.2 Å². The van der Waals surface area contributed by atoms with Gasteiger partial charge in [0, 0.05) is 36.4 Å². The summed E-state index contributed by atoms with van der Waals surface area (Å²) in [6.45, 7) is 5.84. The number of nitro benzene ring substituents is 1. The Hall–Kier alpha value is -5.01. The van der Waals surface area contributed by atoms with E-state index in [2.05, 4.69) is 4.99 Å². The summed E-state index contributed by atoms with van der Waals surface area (Å²) in [5, 5.41) is 11.1. The van der Waals surface area contributed by atoms with Crippen molar-refractivity contribution < 1.29 is 33.1 Å². The molecule has 0 saturated carbocycles. The summed E-state index contributed by atoms with van der Waals surface area (Å²) < 4.78 is 29.9. The minimum Gasteiger partial charge on any atom is -0.493 e. The van der Waals surface area contributed by atoms with Gasteiger partial charge in [0.15, 0.2) is 16.3 Å². The monoisotopic (exact) mass is 633 g/mol. The average molecular weight is 634 g/mol. The molecule has 2 aromatic heterocycles. The standard InChI is InChI=1S/C32H31N3O9S/c1-6-42-29-23(8-7-9-25(29)41-5)28-27(31(37)43-15-14-40-4)19(3)33-32-34(28)30(36)26(45-32)17-21-11-13-24(44-21)22-12-10-20(35(38)39)16-18(22)2/h7-13,16-17,28H,6,14-15H2,1-5H3/b26-17+/t28-/m0/s1. The van der Waals surface area contributed by atoms with Gasteiger partial charge in [0.05, 0.1) is 41.0 Å². The van der Waals surface area contributed by atoms with Crippen molar-refractivity contribution in [3.8, 4) is 22.8 Å². The predicted octanol–water partition coefficient (Wildman–Crippen LogP) is 4.31. The van der Waals surface area contributed by atoms with Crippen LogP contribution in [0.2, 0.25) is 0 Å². The van der Waals surface area contributed by atoms with Crippen LogP contribution in [0, 0.1) is 17.0 Å². The second-order valence-corrected chi connectivity index (χ2v) is 11.0. The third-order valence-electron chi connectivity index (χ3n) is 7.16. The number of carbonyl (C=O) groups excluding carboxylic acids is 1. The molecule has 0 aliphatic carbocycles. The fraction of sp³-hybridized carbons (Fsp3) is 0.281. The van der Waals surface area contributed by atoms with E-state index >= 15 is 0 Å². The second-order valence-electron chi connectivity index (χ2n) is 9.98. The number of hydrogen-bond donors (Lipinski definition) is 0. The summed E-state index contributed by atoms with van der Waals surface area (Å²) in [5.41, 5.74) is 2.07. The fourth-order valence-corrected chi connectivity index (χ4v) is 6.15. The maximum atomic E-state index is 14.1. The van der Waals surface area contributed by atoms with E-state index in [9.17, 15) is 19.7 Å². The first-order valence-corrected chi connectivity index (χ1v) is 14.8. The Morgan fingerprint density at radius 3 is 2.64 bits per heavy atom. The van der Waals surface area contributed by atoms with Crippen LogP contribution >= 0.6 is 11.3 Å². The molecule has 1 aliphatic heterocycles. The quantitative estimate of drug-likeness (QED) is 0.102. The number of ether oxygens (including phenoxy) is 4. The van der Waals surface area contributed by atoms with Crippen LogP contribution in [0.3, 0.4) is 0 Å². The highest BCUT2D eigenvalue weighted by Crippen LogP contribution is 2.41. The number of non-ortho nitro benzene ring substituents is 1. The van der Waals surface area contributed by atoms with Crippen LogP contribution in [0.25, 0.3) is 17.4 Å². The van der Waals surface area contributed by atoms with Crippen LogP contribution in [0.5, 0.6) is 11.5 Å². The summed E-state index contributed by atoms with van der Waals surface area (Å²) in [4.78, 5) is 43.3. The lowest BCUT2D eigenvalue weighted by molar-refractivity contribution is -0.384. The molecule has 1 aliphatic rings. The summed E-state index contributed by atoms with van der Waals surface area (Å²) in [7, 11) is 3.02. The van der Waals surface area contributed by atoms with Crippen molar-refractivity contribution in [3.05, 3.63) is 106 Å². The number of aromatic nitrogens is 1. The molecule has 0 N–H and O–H groups in total. The molecule has 45 heavy (non-hydrogen) atoms. The third kappa shape index (κ3) is 6.17. The summed E-state index contributed by atoms with van der Waals surface area (Å²) in [6, 6.07) is 12.3. The molecule has 4 aromatic rings. The Morgan fingerprint density at radius 2 is 1.96 bits per heavy atom. The maximum Gasteiger partial charge on any atom is 0.338 e. The predicted molar refractivity (Wildman–Crippen MR) is 166 cm³/mol. The van der Waals surface area contributed by atoms with Gasteiger partial charge in [-0.1, -0.05) is 23.5 Å². The Kier molecular flexibility index (Phi) is 9.30. The van der Waals surface area contributed by atoms with Crippen molar-refractivity contribution in [1.82, 2.24) is 4.57 Å². The molecule has 0 unspecified atom stereocenters. The van der Waals surface area contributed by atoms with Crippen LogP contribution in [0.4, 0.5) is 5.69 Å². The van der Waals surface area contributed by atoms with E-state index in [0.29, 0.717) is 61.3 Å². The van der Waals surface area contributed by atoms with Gasteiger partial charge in [-0.25, -0.2) is 9.79 Å². The van der Waals surface area contributed by atoms with Crippen molar-refractivity contribution in [2.75, 3.05) is 34.0 Å². The van der Waals surface area contributed by atoms with Crippen molar-refractivity contribution in [2.24, 2.45) is 4.99 Å². The zero-order valence-corrected chi connectivity index (χ0v) is 26.1. The number of rotatable bonds is 11. The van der Waals surface area contributed by atoms with Crippen molar-refractivity contribution in [1.29, 1.82) is 0 Å². The number of methoxy groups -OCH3 is 2. The van der Waals surface area contributed by atoms with Gasteiger partial charge in [0.1, 0.15) is 24.2 Å². The number of para-hydroxylation sites is 1. The molecule has 1 atom stereocenters. The number of allylic oxidation sites excluding steroid dienone is 1. The average Bonchev–Trinajstić information content (AvgIpc) is 3.60. The highest BCUT2D eigenvalue weighted by atomic mass is 32.1. The number of nitro groups is 1. The van der Waals surface area contributed by atoms with E-state index in [4.69, 9.17) is 23.4 Å². The molecule has 0 saturated heterocycles. The molecule has 2 aromatic carbocycles.